The fourth-order valence-corrected chi connectivity index (χ4v) is 2.31. The quantitative estimate of drug-likeness (QED) is 0.833. The van der Waals surface area contributed by atoms with Crippen molar-refractivity contribution in [2.45, 2.75) is 0 Å². The SMILES string of the molecule is CN(CC(=O)Nc1ccc(C#N)cc1)CC(=O)Nc1ccccc1Cl. The van der Waals surface area contributed by atoms with E-state index in [0.717, 1.165) is 0 Å². The summed E-state index contributed by atoms with van der Waals surface area (Å²) in [6.07, 6.45) is 0. The Hall–Kier alpha value is -2.88. The first kappa shape index (κ1) is 18.5. The van der Waals surface area contributed by atoms with Gasteiger partial charge in [0.1, 0.15) is 0 Å². The maximum Gasteiger partial charge on any atom is 0.238 e. The van der Waals surface area contributed by atoms with Crippen molar-refractivity contribution in [2.75, 3.05) is 30.8 Å². The van der Waals surface area contributed by atoms with Crippen molar-refractivity contribution >= 4 is 34.8 Å². The Balaban J connectivity index is 1.81. The maximum absolute atomic E-state index is 12.0. The number of anilines is 2. The van der Waals surface area contributed by atoms with Gasteiger partial charge in [-0.05, 0) is 43.4 Å². The van der Waals surface area contributed by atoms with Gasteiger partial charge in [0.15, 0.2) is 0 Å². The molecule has 2 N–H and O–H groups in total. The third kappa shape index (κ3) is 5.92. The largest absolute Gasteiger partial charge is 0.325 e. The van der Waals surface area contributed by atoms with Crippen molar-refractivity contribution in [3.8, 4) is 6.07 Å². The Morgan fingerprint density at radius 1 is 1.04 bits per heavy atom. The smallest absolute Gasteiger partial charge is 0.238 e. The molecule has 0 bridgehead atoms. The van der Waals surface area contributed by atoms with Crippen molar-refractivity contribution < 1.29 is 9.59 Å². The summed E-state index contributed by atoms with van der Waals surface area (Å²) in [4.78, 5) is 25.6. The number of carbonyl (C=O) groups is 2. The van der Waals surface area contributed by atoms with Gasteiger partial charge in [0.05, 0.1) is 35.4 Å². The molecule has 0 heterocycles. The second-order valence-electron chi connectivity index (χ2n) is 5.44. The highest BCUT2D eigenvalue weighted by Gasteiger charge is 2.12. The maximum atomic E-state index is 12.0. The van der Waals surface area contributed by atoms with Crippen LogP contribution >= 0.6 is 11.6 Å². The van der Waals surface area contributed by atoms with E-state index < -0.39 is 0 Å². The fraction of sp³-hybridized carbons (Fsp3) is 0.167. The van der Waals surface area contributed by atoms with E-state index in [1.807, 2.05) is 6.07 Å². The molecule has 2 rings (SSSR count). The number of nitrogens with zero attached hydrogens (tertiary/aromatic N) is 2. The topological polar surface area (TPSA) is 85.2 Å². The van der Waals surface area contributed by atoms with Gasteiger partial charge in [-0.15, -0.1) is 0 Å². The minimum atomic E-state index is -0.262. The van der Waals surface area contributed by atoms with Gasteiger partial charge in [0.2, 0.25) is 11.8 Å². The lowest BCUT2D eigenvalue weighted by Gasteiger charge is -2.16. The molecule has 0 aliphatic heterocycles. The first-order valence-electron chi connectivity index (χ1n) is 7.51. The molecule has 7 heteroatoms. The van der Waals surface area contributed by atoms with Crippen molar-refractivity contribution in [3.05, 3.63) is 59.1 Å². The summed E-state index contributed by atoms with van der Waals surface area (Å²) in [6, 6.07) is 15.5. The van der Waals surface area contributed by atoms with Crippen LogP contribution < -0.4 is 10.6 Å². The van der Waals surface area contributed by atoms with Crippen molar-refractivity contribution in [3.63, 3.8) is 0 Å². The lowest BCUT2D eigenvalue weighted by Crippen LogP contribution is -2.36. The number of amides is 2. The second kappa shape index (κ2) is 8.83. The Morgan fingerprint density at radius 3 is 2.24 bits per heavy atom. The zero-order valence-corrected chi connectivity index (χ0v) is 14.4. The number of likely N-dealkylation sites (N-methyl/N-ethyl adjacent to an activating group) is 1. The molecule has 0 spiro atoms. The first-order valence-corrected chi connectivity index (χ1v) is 7.88. The number of carbonyl (C=O) groups excluding carboxylic acids is 2. The molecule has 0 aliphatic rings. The predicted molar refractivity (Wildman–Crippen MR) is 97.4 cm³/mol. The molecule has 0 radical (unpaired) electrons. The number of para-hydroxylation sites is 1. The van der Waals surface area contributed by atoms with Crippen LogP contribution in [0.25, 0.3) is 0 Å². The third-order valence-corrected chi connectivity index (χ3v) is 3.60. The van der Waals surface area contributed by atoms with Crippen LogP contribution in [0, 0.1) is 11.3 Å². The van der Waals surface area contributed by atoms with E-state index in [2.05, 4.69) is 10.6 Å². The van der Waals surface area contributed by atoms with Gasteiger partial charge in [-0.25, -0.2) is 0 Å². The Bertz CT molecular complexity index is 799. The zero-order chi connectivity index (χ0) is 18.2. The molecule has 0 unspecified atom stereocenters. The molecule has 0 aliphatic carbocycles. The number of nitriles is 1. The zero-order valence-electron chi connectivity index (χ0n) is 13.6. The molecular formula is C18H17ClN4O2. The number of halogens is 1. The van der Waals surface area contributed by atoms with Gasteiger partial charge in [-0.3, -0.25) is 14.5 Å². The van der Waals surface area contributed by atoms with Crippen LogP contribution in [-0.2, 0) is 9.59 Å². The van der Waals surface area contributed by atoms with E-state index in [4.69, 9.17) is 16.9 Å². The van der Waals surface area contributed by atoms with Crippen LogP contribution in [0.2, 0.25) is 5.02 Å². The molecule has 25 heavy (non-hydrogen) atoms. The average Bonchev–Trinajstić information content (AvgIpc) is 2.57. The highest BCUT2D eigenvalue weighted by molar-refractivity contribution is 6.33. The molecule has 6 nitrogen and oxygen atoms in total. The van der Waals surface area contributed by atoms with Crippen LogP contribution in [0.5, 0.6) is 0 Å². The summed E-state index contributed by atoms with van der Waals surface area (Å²) in [5.74, 6) is -0.514. The number of hydrogen-bond donors (Lipinski definition) is 2. The summed E-state index contributed by atoms with van der Waals surface area (Å²) in [6.45, 7) is 0.0992. The first-order chi connectivity index (χ1) is 12.0. The van der Waals surface area contributed by atoms with Crippen LogP contribution in [0.15, 0.2) is 48.5 Å². The van der Waals surface area contributed by atoms with Crippen LogP contribution in [0.1, 0.15) is 5.56 Å². The third-order valence-electron chi connectivity index (χ3n) is 3.27. The summed E-state index contributed by atoms with van der Waals surface area (Å²) in [7, 11) is 1.67. The number of hydrogen-bond acceptors (Lipinski definition) is 4. The highest BCUT2D eigenvalue weighted by atomic mass is 35.5. The molecule has 128 valence electrons. The van der Waals surface area contributed by atoms with Gasteiger partial charge >= 0.3 is 0 Å². The van der Waals surface area contributed by atoms with Gasteiger partial charge in [0, 0.05) is 5.69 Å². The second-order valence-corrected chi connectivity index (χ2v) is 5.84. The predicted octanol–water partition coefficient (Wildman–Crippen LogP) is 2.72. The van der Waals surface area contributed by atoms with Gasteiger partial charge in [-0.2, -0.15) is 5.26 Å². The monoisotopic (exact) mass is 356 g/mol. The number of rotatable bonds is 6. The Kier molecular flexibility index (Phi) is 6.52. The van der Waals surface area contributed by atoms with Crippen LogP contribution in [-0.4, -0.2) is 36.9 Å². The standard InChI is InChI=1S/C18H17ClN4O2/c1-23(12-18(25)22-16-5-3-2-4-15(16)19)11-17(24)21-14-8-6-13(10-20)7-9-14/h2-9H,11-12H2,1H3,(H,21,24)(H,22,25). The van der Waals surface area contributed by atoms with E-state index in [9.17, 15) is 9.59 Å². The molecule has 0 aromatic heterocycles. The minimum Gasteiger partial charge on any atom is -0.325 e. The minimum absolute atomic E-state index is 0.0476. The highest BCUT2D eigenvalue weighted by Crippen LogP contribution is 2.20. The van der Waals surface area contributed by atoms with Crippen molar-refractivity contribution in [1.82, 2.24) is 4.90 Å². The fourth-order valence-electron chi connectivity index (χ4n) is 2.13. The van der Waals surface area contributed by atoms with Crippen molar-refractivity contribution in [1.29, 1.82) is 5.26 Å². The Morgan fingerprint density at radius 2 is 1.64 bits per heavy atom. The summed E-state index contributed by atoms with van der Waals surface area (Å²) in [5.41, 5.74) is 1.65. The van der Waals surface area contributed by atoms with E-state index in [1.54, 1.807) is 60.5 Å². The summed E-state index contributed by atoms with van der Waals surface area (Å²) >= 11 is 5.99. The molecule has 0 atom stereocenters. The van der Waals surface area contributed by atoms with Crippen LogP contribution in [0.3, 0.4) is 0 Å². The molecule has 2 aromatic rings. The summed E-state index contributed by atoms with van der Waals surface area (Å²) in [5, 5.41) is 14.6. The van der Waals surface area contributed by atoms with E-state index in [-0.39, 0.29) is 24.9 Å². The summed E-state index contributed by atoms with van der Waals surface area (Å²) < 4.78 is 0. The van der Waals surface area contributed by atoms with Crippen molar-refractivity contribution in [2.24, 2.45) is 0 Å². The molecule has 0 saturated carbocycles. The van der Waals surface area contributed by atoms with E-state index in [1.165, 1.54) is 0 Å². The lowest BCUT2D eigenvalue weighted by molar-refractivity contribution is -0.119. The van der Waals surface area contributed by atoms with Gasteiger partial charge in [0.25, 0.3) is 0 Å². The van der Waals surface area contributed by atoms with E-state index in [0.29, 0.717) is 22.0 Å². The molecule has 2 amide bonds. The molecule has 2 aromatic carbocycles. The normalized spacial score (nSPS) is 10.2. The lowest BCUT2D eigenvalue weighted by atomic mass is 10.2. The number of nitrogens with one attached hydrogen (secondary N) is 2. The van der Waals surface area contributed by atoms with Crippen LogP contribution in [0.4, 0.5) is 11.4 Å². The molecular weight excluding hydrogens is 340 g/mol. The van der Waals surface area contributed by atoms with Gasteiger partial charge in [-0.1, -0.05) is 23.7 Å². The molecule has 0 fully saturated rings. The van der Waals surface area contributed by atoms with Gasteiger partial charge < -0.3 is 10.6 Å². The van der Waals surface area contributed by atoms with E-state index >= 15 is 0 Å². The molecule has 0 saturated heterocycles. The average molecular weight is 357 g/mol. The Labute approximate surface area is 151 Å². The number of benzene rings is 2.